The molecule has 2 N–H and O–H groups in total. The monoisotopic (exact) mass is 296 g/mol. The number of hydrogen-bond acceptors (Lipinski definition) is 4. The summed E-state index contributed by atoms with van der Waals surface area (Å²) in [4.78, 5) is 4.33. The van der Waals surface area contributed by atoms with Crippen molar-refractivity contribution in [2.24, 2.45) is 0 Å². The predicted molar refractivity (Wildman–Crippen MR) is 89.0 cm³/mol. The van der Waals surface area contributed by atoms with Crippen molar-refractivity contribution in [1.82, 2.24) is 4.98 Å². The standard InChI is InChI=1S/C19H12N4/c20-11-13-6-8-15(9-7-13)18-10-16(14-4-2-1-3-5-14)17(12-21)19(22)23-18/h1-10H,(H2,22,23). The molecule has 0 atom stereocenters. The molecule has 1 heterocycles. The Hall–Kier alpha value is -3.63. The molecule has 0 amide bonds. The maximum Gasteiger partial charge on any atom is 0.142 e. The van der Waals surface area contributed by atoms with Crippen molar-refractivity contribution in [2.45, 2.75) is 0 Å². The van der Waals surface area contributed by atoms with E-state index >= 15 is 0 Å². The average molecular weight is 296 g/mol. The maximum absolute atomic E-state index is 9.38. The fourth-order valence-corrected chi connectivity index (χ4v) is 2.39. The van der Waals surface area contributed by atoms with Crippen LogP contribution in [0.25, 0.3) is 22.4 Å². The zero-order chi connectivity index (χ0) is 16.2. The minimum atomic E-state index is 0.202. The SMILES string of the molecule is N#Cc1ccc(-c2cc(-c3ccccc3)c(C#N)c(N)n2)cc1. The Bertz CT molecular complexity index is 930. The average Bonchev–Trinajstić information content (AvgIpc) is 2.62. The normalized spacial score (nSPS) is 9.83. The number of nitrogens with zero attached hydrogens (tertiary/aromatic N) is 3. The molecule has 3 rings (SSSR count). The number of aromatic nitrogens is 1. The van der Waals surface area contributed by atoms with Crippen LogP contribution in [-0.4, -0.2) is 4.98 Å². The fourth-order valence-electron chi connectivity index (χ4n) is 2.39. The second kappa shape index (κ2) is 6.01. The summed E-state index contributed by atoms with van der Waals surface area (Å²) >= 11 is 0. The number of pyridine rings is 1. The molecule has 0 saturated carbocycles. The van der Waals surface area contributed by atoms with Gasteiger partial charge in [0.1, 0.15) is 17.5 Å². The number of rotatable bonds is 2. The zero-order valence-electron chi connectivity index (χ0n) is 12.2. The smallest absolute Gasteiger partial charge is 0.142 e. The number of nitrogens with two attached hydrogens (primary N) is 1. The molecule has 0 aliphatic carbocycles. The predicted octanol–water partition coefficient (Wildman–Crippen LogP) is 3.74. The van der Waals surface area contributed by atoms with Gasteiger partial charge in [0.05, 0.1) is 17.3 Å². The lowest BCUT2D eigenvalue weighted by Crippen LogP contribution is -1.99. The van der Waals surface area contributed by atoms with E-state index in [9.17, 15) is 5.26 Å². The Morgan fingerprint density at radius 1 is 0.826 bits per heavy atom. The molecule has 2 aromatic carbocycles. The molecule has 0 spiro atoms. The minimum Gasteiger partial charge on any atom is -0.383 e. The molecule has 4 nitrogen and oxygen atoms in total. The van der Waals surface area contributed by atoms with E-state index in [1.807, 2.05) is 48.5 Å². The van der Waals surface area contributed by atoms with Crippen LogP contribution in [0.4, 0.5) is 5.82 Å². The Morgan fingerprint density at radius 2 is 1.52 bits per heavy atom. The highest BCUT2D eigenvalue weighted by molar-refractivity contribution is 5.80. The van der Waals surface area contributed by atoms with Gasteiger partial charge >= 0.3 is 0 Å². The van der Waals surface area contributed by atoms with Crippen LogP contribution in [0.3, 0.4) is 0 Å². The third kappa shape index (κ3) is 2.74. The van der Waals surface area contributed by atoms with Gasteiger partial charge in [0.15, 0.2) is 0 Å². The van der Waals surface area contributed by atoms with Crippen LogP contribution in [0.5, 0.6) is 0 Å². The van der Waals surface area contributed by atoms with Gasteiger partial charge in [-0.05, 0) is 23.8 Å². The summed E-state index contributed by atoms with van der Waals surface area (Å²) in [5.74, 6) is 0.202. The van der Waals surface area contributed by atoms with Crippen LogP contribution in [0.1, 0.15) is 11.1 Å². The summed E-state index contributed by atoms with van der Waals surface area (Å²) in [6.45, 7) is 0. The first-order valence-electron chi connectivity index (χ1n) is 6.99. The first-order chi connectivity index (χ1) is 11.2. The quantitative estimate of drug-likeness (QED) is 0.780. The van der Waals surface area contributed by atoms with Crippen LogP contribution >= 0.6 is 0 Å². The maximum atomic E-state index is 9.38. The number of benzene rings is 2. The molecular weight excluding hydrogens is 284 g/mol. The van der Waals surface area contributed by atoms with Crippen molar-refractivity contribution in [2.75, 3.05) is 5.73 Å². The molecule has 0 radical (unpaired) electrons. The molecule has 0 bridgehead atoms. The summed E-state index contributed by atoms with van der Waals surface area (Å²) in [5, 5.41) is 18.3. The summed E-state index contributed by atoms with van der Waals surface area (Å²) in [7, 11) is 0. The molecule has 23 heavy (non-hydrogen) atoms. The molecule has 3 aromatic rings. The van der Waals surface area contributed by atoms with E-state index in [4.69, 9.17) is 11.0 Å². The molecule has 1 aromatic heterocycles. The highest BCUT2D eigenvalue weighted by atomic mass is 14.8. The summed E-state index contributed by atoms with van der Waals surface area (Å²) in [6.07, 6.45) is 0. The topological polar surface area (TPSA) is 86.5 Å². The summed E-state index contributed by atoms with van der Waals surface area (Å²) in [5.41, 5.74) is 10.1. The molecule has 0 unspecified atom stereocenters. The van der Waals surface area contributed by atoms with Crippen molar-refractivity contribution in [1.29, 1.82) is 10.5 Å². The second-order valence-corrected chi connectivity index (χ2v) is 4.98. The highest BCUT2D eigenvalue weighted by Crippen LogP contribution is 2.31. The van der Waals surface area contributed by atoms with E-state index in [1.54, 1.807) is 12.1 Å². The van der Waals surface area contributed by atoms with Crippen molar-refractivity contribution in [3.05, 3.63) is 71.8 Å². The van der Waals surface area contributed by atoms with Gasteiger partial charge in [0.25, 0.3) is 0 Å². The Morgan fingerprint density at radius 3 is 2.13 bits per heavy atom. The first kappa shape index (κ1) is 14.3. The Kier molecular flexibility index (Phi) is 3.74. The Balaban J connectivity index is 2.19. The largest absolute Gasteiger partial charge is 0.383 e. The van der Waals surface area contributed by atoms with Crippen LogP contribution in [0.15, 0.2) is 60.7 Å². The first-order valence-corrected chi connectivity index (χ1v) is 6.99. The second-order valence-electron chi connectivity index (χ2n) is 4.98. The molecule has 0 aliphatic rings. The van der Waals surface area contributed by atoms with Crippen LogP contribution in [0, 0.1) is 22.7 Å². The molecule has 0 fully saturated rings. The third-order valence-electron chi connectivity index (χ3n) is 3.55. The fraction of sp³-hybridized carbons (Fsp3) is 0. The summed E-state index contributed by atoms with van der Waals surface area (Å²) in [6, 6.07) is 22.8. The number of nitrogen functional groups attached to an aromatic ring is 1. The number of hydrogen-bond donors (Lipinski definition) is 1. The third-order valence-corrected chi connectivity index (χ3v) is 3.55. The van der Waals surface area contributed by atoms with Crippen LogP contribution in [0.2, 0.25) is 0 Å². The van der Waals surface area contributed by atoms with Gasteiger partial charge in [0.2, 0.25) is 0 Å². The van der Waals surface area contributed by atoms with E-state index in [1.165, 1.54) is 0 Å². The number of anilines is 1. The van der Waals surface area contributed by atoms with Crippen LogP contribution in [-0.2, 0) is 0 Å². The van der Waals surface area contributed by atoms with Crippen molar-refractivity contribution >= 4 is 5.82 Å². The van der Waals surface area contributed by atoms with Gasteiger partial charge in [0, 0.05) is 11.1 Å². The molecule has 0 aliphatic heterocycles. The summed E-state index contributed by atoms with van der Waals surface area (Å²) < 4.78 is 0. The van der Waals surface area contributed by atoms with E-state index in [-0.39, 0.29) is 5.82 Å². The Labute approximate surface area is 134 Å². The van der Waals surface area contributed by atoms with Gasteiger partial charge in [-0.25, -0.2) is 4.98 Å². The molecule has 0 saturated heterocycles. The zero-order valence-corrected chi connectivity index (χ0v) is 12.2. The van der Waals surface area contributed by atoms with E-state index in [0.717, 1.165) is 16.7 Å². The van der Waals surface area contributed by atoms with Crippen molar-refractivity contribution < 1.29 is 0 Å². The highest BCUT2D eigenvalue weighted by Gasteiger charge is 2.13. The van der Waals surface area contributed by atoms with Crippen molar-refractivity contribution in [3.8, 4) is 34.5 Å². The van der Waals surface area contributed by atoms with Crippen molar-refractivity contribution in [3.63, 3.8) is 0 Å². The van der Waals surface area contributed by atoms with Gasteiger partial charge in [-0.1, -0.05) is 42.5 Å². The van der Waals surface area contributed by atoms with E-state index in [2.05, 4.69) is 17.1 Å². The number of nitriles is 2. The van der Waals surface area contributed by atoms with E-state index < -0.39 is 0 Å². The molecular formula is C19H12N4. The van der Waals surface area contributed by atoms with Gasteiger partial charge in [-0.2, -0.15) is 10.5 Å². The van der Waals surface area contributed by atoms with E-state index in [0.29, 0.717) is 16.8 Å². The van der Waals surface area contributed by atoms with Crippen LogP contribution < -0.4 is 5.73 Å². The minimum absolute atomic E-state index is 0.202. The lowest BCUT2D eigenvalue weighted by atomic mass is 9.98. The molecule has 108 valence electrons. The lowest BCUT2D eigenvalue weighted by molar-refractivity contribution is 1.31. The lowest BCUT2D eigenvalue weighted by Gasteiger charge is -2.10. The van der Waals surface area contributed by atoms with Gasteiger partial charge in [-0.3, -0.25) is 0 Å². The van der Waals surface area contributed by atoms with Gasteiger partial charge < -0.3 is 5.73 Å². The van der Waals surface area contributed by atoms with Gasteiger partial charge in [-0.15, -0.1) is 0 Å². The molecule has 4 heteroatoms.